The molecule has 3 rings (SSSR count). The highest BCUT2D eigenvalue weighted by Crippen LogP contribution is 2.40. The first-order valence-corrected chi connectivity index (χ1v) is 8.29. The molecule has 1 unspecified atom stereocenters. The van der Waals surface area contributed by atoms with Gasteiger partial charge in [-0.1, -0.05) is 48.0 Å². The van der Waals surface area contributed by atoms with Crippen LogP contribution in [-0.2, 0) is 9.47 Å². The molecule has 0 bridgehead atoms. The molecule has 0 aromatic heterocycles. The lowest BCUT2D eigenvalue weighted by Gasteiger charge is -2.25. The maximum atomic E-state index is 12.4. The number of aryl methyl sites for hydroxylation is 1. The van der Waals surface area contributed by atoms with E-state index < -0.39 is 12.1 Å². The van der Waals surface area contributed by atoms with E-state index in [1.165, 1.54) is 25.3 Å². The topological polar surface area (TPSA) is 61.8 Å². The van der Waals surface area contributed by atoms with E-state index in [2.05, 4.69) is 29.0 Å². The van der Waals surface area contributed by atoms with Gasteiger partial charge in [-0.15, -0.1) is 0 Å². The Labute approximate surface area is 152 Å². The highest BCUT2D eigenvalue weighted by atomic mass is 16.7. The smallest absolute Gasteiger partial charge is 0.465 e. The molecular formula is C21H20O5. The van der Waals surface area contributed by atoms with Crippen molar-refractivity contribution in [2.45, 2.75) is 19.3 Å². The molecule has 0 radical (unpaired) electrons. The monoisotopic (exact) mass is 352 g/mol. The van der Waals surface area contributed by atoms with Gasteiger partial charge in [0, 0.05) is 5.92 Å². The van der Waals surface area contributed by atoms with Crippen LogP contribution in [0, 0.1) is 6.92 Å². The summed E-state index contributed by atoms with van der Waals surface area (Å²) in [6, 6.07) is 11.8. The van der Waals surface area contributed by atoms with Gasteiger partial charge in [0.2, 0.25) is 0 Å². The van der Waals surface area contributed by atoms with Gasteiger partial charge >= 0.3 is 12.1 Å². The second kappa shape index (κ2) is 7.44. The molecule has 1 aliphatic carbocycles. The normalized spacial score (nSPS) is 15.1. The van der Waals surface area contributed by atoms with E-state index in [4.69, 9.17) is 9.47 Å². The Morgan fingerprint density at radius 2 is 1.73 bits per heavy atom. The number of carbonyl (C=O) groups excluding carboxylic acids is 2. The van der Waals surface area contributed by atoms with Crippen LogP contribution >= 0.6 is 0 Å². The predicted octanol–water partition coefficient (Wildman–Crippen LogP) is 4.48. The quantitative estimate of drug-likeness (QED) is 0.602. The van der Waals surface area contributed by atoms with E-state index in [1.807, 2.05) is 25.1 Å². The molecular weight excluding hydrogens is 332 g/mol. The van der Waals surface area contributed by atoms with Crippen molar-refractivity contribution in [1.82, 2.24) is 0 Å². The van der Waals surface area contributed by atoms with E-state index >= 15 is 0 Å². The fourth-order valence-corrected chi connectivity index (χ4v) is 3.19. The molecule has 0 saturated heterocycles. The second-order valence-electron chi connectivity index (χ2n) is 6.09. The van der Waals surface area contributed by atoms with Crippen molar-refractivity contribution < 1.29 is 23.8 Å². The molecule has 5 heteroatoms. The van der Waals surface area contributed by atoms with E-state index in [1.54, 1.807) is 6.07 Å². The maximum Gasteiger partial charge on any atom is 0.513 e. The zero-order chi connectivity index (χ0) is 18.7. The standard InChI is InChI=1S/C21H20O5/c1-13-7-9-14(10-8-13)15-5-4-6-17-16(15)11-12-18(26-21(23)25-3)19(17)20(22)24-2/h4,6-12,15H,5H2,1-3H3. The summed E-state index contributed by atoms with van der Waals surface area (Å²) in [4.78, 5) is 23.9. The SMILES string of the molecule is COC(=O)Oc1ccc2c(c1C(=O)OC)C=CCC2c1ccc(C)cc1. The van der Waals surface area contributed by atoms with Gasteiger partial charge in [-0.25, -0.2) is 9.59 Å². The molecule has 0 aliphatic heterocycles. The van der Waals surface area contributed by atoms with Gasteiger partial charge in [-0.3, -0.25) is 0 Å². The van der Waals surface area contributed by atoms with Crippen molar-refractivity contribution >= 4 is 18.2 Å². The minimum absolute atomic E-state index is 0.117. The Balaban J connectivity index is 2.12. The van der Waals surface area contributed by atoms with Crippen LogP contribution in [0.1, 0.15) is 45.0 Å². The van der Waals surface area contributed by atoms with Crippen LogP contribution < -0.4 is 4.74 Å². The van der Waals surface area contributed by atoms with E-state index in [0.717, 1.165) is 12.0 Å². The lowest BCUT2D eigenvalue weighted by atomic mass is 9.80. The molecule has 0 fully saturated rings. The first-order valence-electron chi connectivity index (χ1n) is 8.29. The van der Waals surface area contributed by atoms with E-state index in [9.17, 15) is 9.59 Å². The van der Waals surface area contributed by atoms with Crippen LogP contribution in [-0.4, -0.2) is 26.3 Å². The number of fused-ring (bicyclic) bond motifs is 1. The third-order valence-electron chi connectivity index (χ3n) is 4.50. The van der Waals surface area contributed by atoms with Crippen LogP contribution in [0.3, 0.4) is 0 Å². The number of allylic oxidation sites excluding steroid dienone is 1. The number of carbonyl (C=O) groups is 2. The minimum atomic E-state index is -0.884. The summed E-state index contributed by atoms with van der Waals surface area (Å²) in [6.07, 6.45) is 3.83. The van der Waals surface area contributed by atoms with Gasteiger partial charge in [0.1, 0.15) is 11.3 Å². The number of methoxy groups -OCH3 is 2. The minimum Gasteiger partial charge on any atom is -0.465 e. The number of benzene rings is 2. The van der Waals surface area contributed by atoms with Gasteiger partial charge in [0.05, 0.1) is 14.2 Å². The molecule has 134 valence electrons. The molecule has 1 aliphatic rings. The summed E-state index contributed by atoms with van der Waals surface area (Å²) >= 11 is 0. The van der Waals surface area contributed by atoms with Crippen molar-refractivity contribution in [2.24, 2.45) is 0 Å². The van der Waals surface area contributed by atoms with Gasteiger partial charge in [0.25, 0.3) is 0 Å². The first kappa shape index (κ1) is 17.7. The Bertz CT molecular complexity index is 865. The maximum absolute atomic E-state index is 12.4. The van der Waals surface area contributed by atoms with Gasteiger partial charge in [-0.05, 0) is 36.1 Å². The molecule has 0 amide bonds. The van der Waals surface area contributed by atoms with Crippen molar-refractivity contribution in [3.05, 3.63) is 70.3 Å². The molecule has 0 heterocycles. The largest absolute Gasteiger partial charge is 0.513 e. The Morgan fingerprint density at radius 1 is 1.00 bits per heavy atom. The molecule has 5 nitrogen and oxygen atoms in total. The van der Waals surface area contributed by atoms with Crippen LogP contribution in [0.25, 0.3) is 6.08 Å². The van der Waals surface area contributed by atoms with Crippen LogP contribution in [0.4, 0.5) is 4.79 Å². The summed E-state index contributed by atoms with van der Waals surface area (Å²) < 4.78 is 14.6. The molecule has 26 heavy (non-hydrogen) atoms. The number of rotatable bonds is 3. The summed E-state index contributed by atoms with van der Waals surface area (Å²) in [5.41, 5.74) is 4.28. The highest BCUT2D eigenvalue weighted by molar-refractivity contribution is 5.98. The average Bonchev–Trinajstić information content (AvgIpc) is 2.67. The lowest BCUT2D eigenvalue weighted by molar-refractivity contribution is 0.0595. The second-order valence-corrected chi connectivity index (χ2v) is 6.09. The third-order valence-corrected chi connectivity index (χ3v) is 4.50. The number of ether oxygens (including phenoxy) is 3. The molecule has 2 aromatic carbocycles. The molecule has 0 spiro atoms. The predicted molar refractivity (Wildman–Crippen MR) is 97.5 cm³/mol. The van der Waals surface area contributed by atoms with E-state index in [-0.39, 0.29) is 17.2 Å². The van der Waals surface area contributed by atoms with E-state index in [0.29, 0.717) is 5.56 Å². The van der Waals surface area contributed by atoms with Crippen LogP contribution in [0.5, 0.6) is 5.75 Å². The molecule has 0 N–H and O–H groups in total. The Morgan fingerprint density at radius 3 is 2.38 bits per heavy atom. The zero-order valence-electron chi connectivity index (χ0n) is 14.9. The van der Waals surface area contributed by atoms with Crippen molar-refractivity contribution in [3.63, 3.8) is 0 Å². The average molecular weight is 352 g/mol. The van der Waals surface area contributed by atoms with Gasteiger partial charge in [0.15, 0.2) is 0 Å². The van der Waals surface area contributed by atoms with Crippen LogP contribution in [0.15, 0.2) is 42.5 Å². The van der Waals surface area contributed by atoms with Gasteiger partial charge < -0.3 is 14.2 Å². The fraction of sp³-hybridized carbons (Fsp3) is 0.238. The number of esters is 1. The zero-order valence-corrected chi connectivity index (χ0v) is 14.9. The molecule has 0 saturated carbocycles. The molecule has 2 aromatic rings. The molecule has 1 atom stereocenters. The van der Waals surface area contributed by atoms with Crippen LogP contribution in [0.2, 0.25) is 0 Å². The Kier molecular flexibility index (Phi) is 5.07. The number of hydrogen-bond acceptors (Lipinski definition) is 5. The first-order chi connectivity index (χ1) is 12.5. The summed E-state index contributed by atoms with van der Waals surface area (Å²) in [6.45, 7) is 2.05. The third kappa shape index (κ3) is 3.33. The summed E-state index contributed by atoms with van der Waals surface area (Å²) in [5, 5.41) is 0. The van der Waals surface area contributed by atoms with Gasteiger partial charge in [-0.2, -0.15) is 0 Å². The van der Waals surface area contributed by atoms with Crippen molar-refractivity contribution in [3.8, 4) is 5.75 Å². The number of hydrogen-bond donors (Lipinski definition) is 0. The van der Waals surface area contributed by atoms with Crippen molar-refractivity contribution in [2.75, 3.05) is 14.2 Å². The Hall–Kier alpha value is -3.08. The van der Waals surface area contributed by atoms with Crippen molar-refractivity contribution in [1.29, 1.82) is 0 Å². The summed E-state index contributed by atoms with van der Waals surface area (Å²) in [5.74, 6) is -0.321. The summed E-state index contributed by atoms with van der Waals surface area (Å²) in [7, 11) is 2.51. The fourth-order valence-electron chi connectivity index (χ4n) is 3.19. The lowest BCUT2D eigenvalue weighted by Crippen LogP contribution is -2.16. The highest BCUT2D eigenvalue weighted by Gasteiger charge is 2.27.